The molecule has 130 valence electrons. The van der Waals surface area contributed by atoms with E-state index in [1.54, 1.807) is 0 Å². The number of benzene rings is 1. The molecular weight excluding hydrogens is 368 g/mol. The highest BCUT2D eigenvalue weighted by Crippen LogP contribution is 2.46. The maximum Gasteiger partial charge on any atom is 0.232 e. The number of rotatable bonds is 1. The number of nitrogens with zero attached hydrogens (tertiary/aromatic N) is 1. The summed E-state index contributed by atoms with van der Waals surface area (Å²) in [6.45, 7) is 0. The molecule has 6 heteroatoms. The van der Waals surface area contributed by atoms with Crippen molar-refractivity contribution < 1.29 is 9.59 Å². The van der Waals surface area contributed by atoms with Gasteiger partial charge in [0.05, 0.1) is 17.0 Å². The summed E-state index contributed by atoms with van der Waals surface area (Å²) in [5.74, 6) is -0.367. The molecule has 0 spiro atoms. The van der Waals surface area contributed by atoms with Crippen molar-refractivity contribution in [2.45, 2.75) is 32.1 Å². The second-order valence-corrected chi connectivity index (χ2v) is 8.20. The molecule has 2 aromatic heterocycles. The zero-order chi connectivity index (χ0) is 17.8. The van der Waals surface area contributed by atoms with Gasteiger partial charge in [0.1, 0.15) is 4.83 Å². The number of carbonyl (C=O) groups excluding carboxylic acids is 2. The molecule has 26 heavy (non-hydrogen) atoms. The molecule has 1 aromatic carbocycles. The normalized spacial score (nSPS) is 16.3. The topological polar surface area (TPSA) is 59.1 Å². The number of amides is 1. The van der Waals surface area contributed by atoms with E-state index in [9.17, 15) is 9.59 Å². The average Bonchev–Trinajstić information content (AvgIpc) is 2.99. The van der Waals surface area contributed by atoms with Crippen LogP contribution in [0.4, 0.5) is 5.69 Å². The standard InChI is InChI=1S/C20H15ClN2O2S/c21-11-7-5-10(6-8-11)16-12-3-1-2-4-13(12)22-20-17(16)18-19(26-20)14(24)9-15(25)23-18/h5-8H,1-4,9H2,(H,23,25). The Morgan fingerprint density at radius 1 is 1.08 bits per heavy atom. The number of nitrogens with one attached hydrogen (secondary N) is 1. The maximum absolute atomic E-state index is 12.4. The molecule has 5 rings (SSSR count). The summed E-state index contributed by atoms with van der Waals surface area (Å²) < 4.78 is 0. The minimum absolute atomic E-state index is 0.0875. The van der Waals surface area contributed by atoms with Crippen LogP contribution < -0.4 is 5.32 Å². The smallest absolute Gasteiger partial charge is 0.232 e. The van der Waals surface area contributed by atoms with Crippen LogP contribution in [0, 0.1) is 0 Å². The Morgan fingerprint density at radius 2 is 1.85 bits per heavy atom. The molecule has 1 amide bonds. The van der Waals surface area contributed by atoms with Crippen molar-refractivity contribution in [1.29, 1.82) is 0 Å². The van der Waals surface area contributed by atoms with Gasteiger partial charge in [-0.2, -0.15) is 0 Å². The van der Waals surface area contributed by atoms with E-state index in [1.165, 1.54) is 16.9 Å². The van der Waals surface area contributed by atoms with Crippen LogP contribution in [0.25, 0.3) is 21.3 Å². The summed E-state index contributed by atoms with van der Waals surface area (Å²) >= 11 is 7.47. The lowest BCUT2D eigenvalue weighted by Gasteiger charge is -2.21. The number of aromatic nitrogens is 1. The van der Waals surface area contributed by atoms with E-state index in [-0.39, 0.29) is 18.1 Å². The van der Waals surface area contributed by atoms with Crippen molar-refractivity contribution in [3.63, 3.8) is 0 Å². The summed E-state index contributed by atoms with van der Waals surface area (Å²) in [6.07, 6.45) is 4.08. The Bertz CT molecular complexity index is 1090. The zero-order valence-electron chi connectivity index (χ0n) is 13.9. The van der Waals surface area contributed by atoms with Gasteiger partial charge in [-0.3, -0.25) is 9.59 Å². The van der Waals surface area contributed by atoms with Gasteiger partial charge in [0, 0.05) is 16.1 Å². The molecule has 0 fully saturated rings. The van der Waals surface area contributed by atoms with Gasteiger partial charge in [0.2, 0.25) is 5.91 Å². The lowest BCUT2D eigenvalue weighted by Crippen LogP contribution is -2.22. The Hall–Kier alpha value is -2.24. The van der Waals surface area contributed by atoms with Crippen molar-refractivity contribution in [3.8, 4) is 11.1 Å². The average molecular weight is 383 g/mol. The first-order chi connectivity index (χ1) is 12.6. The first-order valence-corrected chi connectivity index (χ1v) is 9.88. The predicted octanol–water partition coefficient (Wildman–Crippen LogP) is 5.02. The van der Waals surface area contributed by atoms with E-state index in [0.29, 0.717) is 15.6 Å². The molecule has 1 aliphatic carbocycles. The molecule has 2 aliphatic rings. The fourth-order valence-corrected chi connectivity index (χ4v) is 5.17. The highest BCUT2D eigenvalue weighted by Gasteiger charge is 2.31. The minimum Gasteiger partial charge on any atom is -0.324 e. The Morgan fingerprint density at radius 3 is 2.65 bits per heavy atom. The van der Waals surface area contributed by atoms with Gasteiger partial charge in [0.25, 0.3) is 0 Å². The summed E-state index contributed by atoms with van der Waals surface area (Å²) in [4.78, 5) is 30.7. The molecule has 3 aromatic rings. The number of halogens is 1. The van der Waals surface area contributed by atoms with Crippen LogP contribution >= 0.6 is 22.9 Å². The number of Topliss-reactive ketones (excluding diaryl/α,β-unsaturated/α-hetero) is 1. The van der Waals surface area contributed by atoms with Gasteiger partial charge >= 0.3 is 0 Å². The van der Waals surface area contributed by atoms with E-state index in [0.717, 1.165) is 52.7 Å². The second kappa shape index (κ2) is 5.89. The number of anilines is 1. The van der Waals surface area contributed by atoms with Crippen LogP contribution in [0.1, 0.15) is 40.2 Å². The van der Waals surface area contributed by atoms with Gasteiger partial charge in [0.15, 0.2) is 5.78 Å². The number of hydrogen-bond donors (Lipinski definition) is 1. The molecule has 0 unspecified atom stereocenters. The minimum atomic E-state index is -0.248. The van der Waals surface area contributed by atoms with E-state index >= 15 is 0 Å². The van der Waals surface area contributed by atoms with Gasteiger partial charge in [-0.1, -0.05) is 23.7 Å². The van der Waals surface area contributed by atoms with Crippen molar-refractivity contribution in [2.75, 3.05) is 5.32 Å². The number of carbonyl (C=O) groups is 2. The fourth-order valence-electron chi connectivity index (χ4n) is 3.95. The summed E-state index contributed by atoms with van der Waals surface area (Å²) in [6, 6.07) is 7.76. The quantitative estimate of drug-likeness (QED) is 0.601. The van der Waals surface area contributed by atoms with Crippen LogP contribution in [0.5, 0.6) is 0 Å². The van der Waals surface area contributed by atoms with E-state index in [4.69, 9.17) is 16.6 Å². The first kappa shape index (κ1) is 16.0. The van der Waals surface area contributed by atoms with Gasteiger partial charge in [-0.05, 0) is 54.5 Å². The van der Waals surface area contributed by atoms with Gasteiger partial charge in [-0.15, -0.1) is 11.3 Å². The SMILES string of the molecule is O=C1CC(=O)c2sc3nc4c(c(-c5ccc(Cl)cc5)c3c2N1)CCCC4. The highest BCUT2D eigenvalue weighted by atomic mass is 35.5. The van der Waals surface area contributed by atoms with E-state index in [1.807, 2.05) is 24.3 Å². The first-order valence-electron chi connectivity index (χ1n) is 8.69. The molecule has 0 radical (unpaired) electrons. The number of pyridine rings is 1. The number of aryl methyl sites for hydroxylation is 1. The molecule has 4 nitrogen and oxygen atoms in total. The van der Waals surface area contributed by atoms with E-state index in [2.05, 4.69) is 5.32 Å². The highest BCUT2D eigenvalue weighted by molar-refractivity contribution is 7.21. The van der Waals surface area contributed by atoms with Crippen molar-refractivity contribution >= 4 is 50.5 Å². The molecule has 0 saturated carbocycles. The predicted molar refractivity (Wildman–Crippen MR) is 104 cm³/mol. The molecule has 1 aliphatic heterocycles. The zero-order valence-corrected chi connectivity index (χ0v) is 15.5. The van der Waals surface area contributed by atoms with Gasteiger partial charge in [-0.25, -0.2) is 4.98 Å². The summed E-state index contributed by atoms with van der Waals surface area (Å²) in [7, 11) is 0. The third-order valence-corrected chi connectivity index (χ3v) is 6.46. The number of thiophene rings is 1. The molecule has 0 saturated heterocycles. The van der Waals surface area contributed by atoms with E-state index < -0.39 is 0 Å². The lowest BCUT2D eigenvalue weighted by atomic mass is 9.87. The van der Waals surface area contributed by atoms with Crippen LogP contribution in [-0.4, -0.2) is 16.7 Å². The molecule has 0 bridgehead atoms. The van der Waals surface area contributed by atoms with Crippen LogP contribution in [0.2, 0.25) is 5.02 Å². The van der Waals surface area contributed by atoms with Gasteiger partial charge < -0.3 is 5.32 Å². The van der Waals surface area contributed by atoms with Crippen LogP contribution in [0.15, 0.2) is 24.3 Å². The second-order valence-electron chi connectivity index (χ2n) is 6.76. The van der Waals surface area contributed by atoms with Crippen LogP contribution in [0.3, 0.4) is 0 Å². The maximum atomic E-state index is 12.4. The van der Waals surface area contributed by atoms with Crippen molar-refractivity contribution in [2.24, 2.45) is 0 Å². The van der Waals surface area contributed by atoms with Crippen LogP contribution in [-0.2, 0) is 17.6 Å². The number of fused-ring (bicyclic) bond motifs is 4. The summed E-state index contributed by atoms with van der Waals surface area (Å²) in [5.41, 5.74) is 5.13. The lowest BCUT2D eigenvalue weighted by molar-refractivity contribution is -0.115. The molecule has 1 N–H and O–H groups in total. The molecule has 0 atom stereocenters. The third-order valence-electron chi connectivity index (χ3n) is 5.09. The van der Waals surface area contributed by atoms with Crippen molar-refractivity contribution in [1.82, 2.24) is 4.98 Å². The Kier molecular flexibility index (Phi) is 3.62. The number of ketones is 1. The number of hydrogen-bond acceptors (Lipinski definition) is 4. The molecular formula is C20H15ClN2O2S. The summed E-state index contributed by atoms with van der Waals surface area (Å²) in [5, 5.41) is 4.51. The third kappa shape index (κ3) is 2.38. The largest absolute Gasteiger partial charge is 0.324 e. The monoisotopic (exact) mass is 382 g/mol. The Balaban J connectivity index is 1.89. The fraction of sp³-hybridized carbons (Fsp3) is 0.250. The molecule has 3 heterocycles. The Labute approximate surface area is 159 Å². The van der Waals surface area contributed by atoms with Crippen molar-refractivity contribution in [3.05, 3.63) is 45.4 Å².